The Balaban J connectivity index is 1.99. The maximum Gasteiger partial charge on any atom is 0.234 e. The zero-order chi connectivity index (χ0) is 13.1. The zero-order valence-electron chi connectivity index (χ0n) is 11.0. The van der Waals surface area contributed by atoms with E-state index in [4.69, 9.17) is 9.26 Å². The summed E-state index contributed by atoms with van der Waals surface area (Å²) in [5, 5.41) is 3.90. The summed E-state index contributed by atoms with van der Waals surface area (Å²) in [6, 6.07) is 0. The van der Waals surface area contributed by atoms with Crippen LogP contribution in [-0.4, -0.2) is 47.6 Å². The number of hydrogen-bond acceptors (Lipinski definition) is 6. The first kappa shape index (κ1) is 13.2. The van der Waals surface area contributed by atoms with E-state index >= 15 is 0 Å². The molecule has 100 valence electrons. The quantitative estimate of drug-likeness (QED) is 0.792. The van der Waals surface area contributed by atoms with Gasteiger partial charge in [-0.3, -0.25) is 4.79 Å². The van der Waals surface area contributed by atoms with Crippen molar-refractivity contribution in [3.05, 3.63) is 11.7 Å². The molecule has 0 N–H and O–H groups in total. The zero-order valence-corrected chi connectivity index (χ0v) is 11.0. The van der Waals surface area contributed by atoms with Gasteiger partial charge in [0.05, 0.1) is 13.0 Å². The molecule has 0 radical (unpaired) electrons. The van der Waals surface area contributed by atoms with Gasteiger partial charge >= 0.3 is 0 Å². The first-order valence-electron chi connectivity index (χ1n) is 6.21. The Labute approximate surface area is 106 Å². The summed E-state index contributed by atoms with van der Waals surface area (Å²) < 4.78 is 10.7. The third-order valence-corrected chi connectivity index (χ3v) is 3.01. The van der Waals surface area contributed by atoms with Gasteiger partial charge in [0.15, 0.2) is 0 Å². The molecule has 1 saturated heterocycles. The van der Waals surface area contributed by atoms with Gasteiger partial charge in [0.25, 0.3) is 0 Å². The predicted octanol–water partition coefficient (Wildman–Crippen LogP) is 0.840. The number of ether oxygens (including phenoxy) is 1. The van der Waals surface area contributed by atoms with Crippen LogP contribution < -0.4 is 0 Å². The molecule has 6 heteroatoms. The minimum Gasteiger partial charge on any atom is -0.367 e. The van der Waals surface area contributed by atoms with Gasteiger partial charge in [0.1, 0.15) is 11.9 Å². The number of carbonyl (C=O) groups excluding carboxylic acids is 1. The fourth-order valence-corrected chi connectivity index (χ4v) is 1.76. The number of carbonyl (C=O) groups is 1. The lowest BCUT2D eigenvalue weighted by Crippen LogP contribution is -2.35. The number of likely N-dealkylation sites (N-methyl/N-ethyl adjacent to an activating group) is 1. The molecule has 1 aromatic heterocycles. The van der Waals surface area contributed by atoms with Crippen LogP contribution in [0.4, 0.5) is 0 Å². The molecule has 6 nitrogen and oxygen atoms in total. The Morgan fingerprint density at radius 2 is 2.33 bits per heavy atom. The van der Waals surface area contributed by atoms with Crippen LogP contribution in [0.1, 0.15) is 31.7 Å². The Hall–Kier alpha value is -1.27. The maximum absolute atomic E-state index is 11.6. The molecule has 0 saturated carbocycles. The van der Waals surface area contributed by atoms with Crippen LogP contribution in [0.2, 0.25) is 0 Å². The highest BCUT2D eigenvalue weighted by Gasteiger charge is 2.25. The fraction of sp³-hybridized carbons (Fsp3) is 0.750. The van der Waals surface area contributed by atoms with Crippen molar-refractivity contribution < 1.29 is 14.1 Å². The molecule has 18 heavy (non-hydrogen) atoms. The molecule has 1 aliphatic rings. The van der Waals surface area contributed by atoms with Gasteiger partial charge in [-0.25, -0.2) is 0 Å². The van der Waals surface area contributed by atoms with Crippen LogP contribution in [0.3, 0.4) is 0 Å². The number of hydrogen-bond donors (Lipinski definition) is 0. The van der Waals surface area contributed by atoms with E-state index in [1.165, 1.54) is 0 Å². The van der Waals surface area contributed by atoms with E-state index in [1.807, 2.05) is 20.9 Å². The Morgan fingerprint density at radius 1 is 1.56 bits per heavy atom. The first-order valence-corrected chi connectivity index (χ1v) is 6.21. The van der Waals surface area contributed by atoms with Gasteiger partial charge in [0, 0.05) is 19.0 Å². The number of nitrogens with zero attached hydrogens (tertiary/aromatic N) is 3. The molecule has 2 rings (SSSR count). The summed E-state index contributed by atoms with van der Waals surface area (Å²) in [6.07, 6.45) is 0.0446. The van der Waals surface area contributed by atoms with Gasteiger partial charge < -0.3 is 14.2 Å². The monoisotopic (exact) mass is 253 g/mol. The molecule has 0 amide bonds. The van der Waals surface area contributed by atoms with Gasteiger partial charge in [-0.15, -0.1) is 0 Å². The maximum atomic E-state index is 11.6. The second-order valence-electron chi connectivity index (χ2n) is 4.97. The summed E-state index contributed by atoms with van der Waals surface area (Å²) in [6.45, 7) is 6.04. The molecule has 1 atom stereocenters. The molecule has 0 bridgehead atoms. The molecule has 1 fully saturated rings. The first-order chi connectivity index (χ1) is 8.56. The molecular weight excluding hydrogens is 234 g/mol. The summed E-state index contributed by atoms with van der Waals surface area (Å²) in [5.74, 6) is 0.998. The summed E-state index contributed by atoms with van der Waals surface area (Å²) in [4.78, 5) is 18.0. The van der Waals surface area contributed by atoms with Crippen molar-refractivity contribution in [1.29, 1.82) is 0 Å². The van der Waals surface area contributed by atoms with Crippen LogP contribution in [0.15, 0.2) is 4.52 Å². The number of Topliss-reactive ketones (excluding diaryl/α,β-unsaturated/α-hetero) is 1. The van der Waals surface area contributed by atoms with Gasteiger partial charge in [-0.1, -0.05) is 19.0 Å². The van der Waals surface area contributed by atoms with Crippen LogP contribution in [0, 0.1) is 5.92 Å². The lowest BCUT2D eigenvalue weighted by molar-refractivity contribution is -0.121. The fourth-order valence-electron chi connectivity index (χ4n) is 1.76. The molecule has 0 spiro atoms. The minimum absolute atomic E-state index is 0.0163. The Morgan fingerprint density at radius 3 is 3.00 bits per heavy atom. The van der Waals surface area contributed by atoms with Crippen molar-refractivity contribution in [2.45, 2.75) is 26.4 Å². The van der Waals surface area contributed by atoms with Crippen molar-refractivity contribution in [2.24, 2.45) is 5.92 Å². The average Bonchev–Trinajstić information content (AvgIpc) is 2.77. The minimum atomic E-state index is -0.157. The van der Waals surface area contributed by atoms with E-state index in [-0.39, 0.29) is 24.2 Å². The number of ketones is 1. The molecule has 1 aliphatic heterocycles. The third kappa shape index (κ3) is 3.14. The van der Waals surface area contributed by atoms with Crippen molar-refractivity contribution in [3.63, 3.8) is 0 Å². The Kier molecular flexibility index (Phi) is 4.08. The second-order valence-corrected chi connectivity index (χ2v) is 4.97. The highest BCUT2D eigenvalue weighted by Crippen LogP contribution is 2.19. The van der Waals surface area contributed by atoms with E-state index in [0.29, 0.717) is 18.3 Å². The molecule has 1 aromatic rings. The van der Waals surface area contributed by atoms with Crippen molar-refractivity contribution >= 4 is 5.78 Å². The Bertz CT molecular complexity index is 416. The normalized spacial score (nSPS) is 21.4. The molecule has 1 unspecified atom stereocenters. The molecular formula is C12H19N3O3. The second kappa shape index (κ2) is 5.58. The van der Waals surface area contributed by atoms with Crippen molar-refractivity contribution in [3.8, 4) is 0 Å². The largest absolute Gasteiger partial charge is 0.367 e. The van der Waals surface area contributed by atoms with Crippen molar-refractivity contribution in [2.75, 3.05) is 26.7 Å². The molecule has 2 heterocycles. The van der Waals surface area contributed by atoms with Gasteiger partial charge in [-0.2, -0.15) is 4.98 Å². The predicted molar refractivity (Wildman–Crippen MR) is 64.0 cm³/mol. The number of rotatable bonds is 4. The van der Waals surface area contributed by atoms with Crippen LogP contribution >= 0.6 is 0 Å². The average molecular weight is 253 g/mol. The van der Waals surface area contributed by atoms with Crippen LogP contribution in [0.5, 0.6) is 0 Å². The van der Waals surface area contributed by atoms with Crippen molar-refractivity contribution in [1.82, 2.24) is 15.0 Å². The topological polar surface area (TPSA) is 68.5 Å². The summed E-state index contributed by atoms with van der Waals surface area (Å²) >= 11 is 0. The number of aromatic nitrogens is 2. The van der Waals surface area contributed by atoms with Crippen LogP contribution in [-0.2, 0) is 16.0 Å². The lowest BCUT2D eigenvalue weighted by atomic mass is 10.1. The summed E-state index contributed by atoms with van der Waals surface area (Å²) in [7, 11) is 2.03. The third-order valence-electron chi connectivity index (χ3n) is 3.01. The van der Waals surface area contributed by atoms with E-state index in [1.54, 1.807) is 0 Å². The SMILES string of the molecule is CC(C)C(=O)Cc1nc(C2CN(C)CCO2)no1. The van der Waals surface area contributed by atoms with E-state index in [0.717, 1.165) is 13.1 Å². The van der Waals surface area contributed by atoms with E-state index < -0.39 is 0 Å². The lowest BCUT2D eigenvalue weighted by Gasteiger charge is -2.27. The molecule has 0 aliphatic carbocycles. The highest BCUT2D eigenvalue weighted by molar-refractivity contribution is 5.81. The smallest absolute Gasteiger partial charge is 0.234 e. The van der Waals surface area contributed by atoms with E-state index in [9.17, 15) is 4.79 Å². The van der Waals surface area contributed by atoms with Gasteiger partial charge in [0.2, 0.25) is 11.7 Å². The van der Waals surface area contributed by atoms with Gasteiger partial charge in [-0.05, 0) is 7.05 Å². The number of morpholine rings is 1. The summed E-state index contributed by atoms with van der Waals surface area (Å²) in [5.41, 5.74) is 0. The van der Waals surface area contributed by atoms with E-state index in [2.05, 4.69) is 15.0 Å². The van der Waals surface area contributed by atoms with Crippen LogP contribution in [0.25, 0.3) is 0 Å². The molecule has 0 aromatic carbocycles. The standard InChI is InChI=1S/C12H19N3O3/c1-8(2)9(16)6-11-13-12(14-18-11)10-7-15(3)4-5-17-10/h8,10H,4-7H2,1-3H3. The highest BCUT2D eigenvalue weighted by atomic mass is 16.5.